The van der Waals surface area contributed by atoms with E-state index in [2.05, 4.69) is 0 Å². The van der Waals surface area contributed by atoms with Gasteiger partial charge in [-0.3, -0.25) is 4.79 Å². The summed E-state index contributed by atoms with van der Waals surface area (Å²) in [4.78, 5) is 13.9. The predicted octanol–water partition coefficient (Wildman–Crippen LogP) is 1.54. The maximum Gasteiger partial charge on any atom is 0.263 e. The van der Waals surface area contributed by atoms with E-state index in [1.165, 1.54) is 12.1 Å². The largest absolute Gasteiger partial charge is 0.481 e. The Morgan fingerprint density at radius 2 is 2.16 bits per heavy atom. The van der Waals surface area contributed by atoms with Gasteiger partial charge >= 0.3 is 0 Å². The van der Waals surface area contributed by atoms with Crippen molar-refractivity contribution < 1.29 is 13.9 Å². The monoisotopic (exact) mass is 266 g/mol. The first-order chi connectivity index (χ1) is 9.06. The maximum absolute atomic E-state index is 13.0. The zero-order valence-electron chi connectivity index (χ0n) is 11.0. The van der Waals surface area contributed by atoms with E-state index in [4.69, 9.17) is 10.5 Å². The summed E-state index contributed by atoms with van der Waals surface area (Å²) in [5, 5.41) is 0. The molecule has 0 aromatic heterocycles. The maximum atomic E-state index is 13.0. The van der Waals surface area contributed by atoms with Gasteiger partial charge in [-0.2, -0.15) is 0 Å². The second-order valence-corrected chi connectivity index (χ2v) is 4.88. The van der Waals surface area contributed by atoms with Gasteiger partial charge in [0.1, 0.15) is 11.6 Å². The molecule has 0 spiro atoms. The average Bonchev–Trinajstić information content (AvgIpc) is 2.39. The first-order valence-corrected chi connectivity index (χ1v) is 6.53. The Bertz CT molecular complexity index is 445. The second kappa shape index (κ2) is 6.02. The number of nitrogens with two attached hydrogens (primary N) is 1. The SMILES string of the molecule is CC(Oc1cccc(F)c1)C(=O)N1CCC(N)CC1. The summed E-state index contributed by atoms with van der Waals surface area (Å²) in [6.45, 7) is 3.01. The molecule has 1 aromatic rings. The minimum atomic E-state index is -0.615. The summed E-state index contributed by atoms with van der Waals surface area (Å²) < 4.78 is 18.5. The molecule has 19 heavy (non-hydrogen) atoms. The van der Waals surface area contributed by atoms with Crippen molar-refractivity contribution in [2.24, 2.45) is 5.73 Å². The number of benzene rings is 1. The third-order valence-corrected chi connectivity index (χ3v) is 3.31. The summed E-state index contributed by atoms with van der Waals surface area (Å²) in [6.07, 6.45) is 1.02. The van der Waals surface area contributed by atoms with Gasteiger partial charge in [0.15, 0.2) is 6.10 Å². The van der Waals surface area contributed by atoms with Crippen LogP contribution in [0.3, 0.4) is 0 Å². The van der Waals surface area contributed by atoms with Gasteiger partial charge in [0.05, 0.1) is 0 Å². The Balaban J connectivity index is 1.92. The van der Waals surface area contributed by atoms with Crippen LogP contribution in [0.15, 0.2) is 24.3 Å². The third kappa shape index (κ3) is 3.67. The highest BCUT2D eigenvalue weighted by atomic mass is 19.1. The lowest BCUT2D eigenvalue weighted by Crippen LogP contribution is -2.47. The van der Waals surface area contributed by atoms with E-state index < -0.39 is 6.10 Å². The van der Waals surface area contributed by atoms with Crippen molar-refractivity contribution in [1.82, 2.24) is 4.90 Å². The molecule has 0 saturated carbocycles. The molecular formula is C14H19FN2O2. The molecule has 1 amide bonds. The fourth-order valence-electron chi connectivity index (χ4n) is 2.17. The predicted molar refractivity (Wildman–Crippen MR) is 70.3 cm³/mol. The highest BCUT2D eigenvalue weighted by Gasteiger charge is 2.25. The molecule has 4 nitrogen and oxygen atoms in total. The van der Waals surface area contributed by atoms with Crippen molar-refractivity contribution in [3.05, 3.63) is 30.1 Å². The van der Waals surface area contributed by atoms with Crippen LogP contribution in [0.25, 0.3) is 0 Å². The Hall–Kier alpha value is -1.62. The number of piperidine rings is 1. The van der Waals surface area contributed by atoms with E-state index >= 15 is 0 Å². The number of ether oxygens (including phenoxy) is 1. The highest BCUT2D eigenvalue weighted by Crippen LogP contribution is 2.16. The van der Waals surface area contributed by atoms with Gasteiger partial charge in [0.25, 0.3) is 5.91 Å². The summed E-state index contributed by atoms with van der Waals surface area (Å²) in [6, 6.07) is 5.99. The Labute approximate surface area is 112 Å². The molecule has 1 fully saturated rings. The van der Waals surface area contributed by atoms with Gasteiger partial charge in [-0.05, 0) is 31.9 Å². The van der Waals surface area contributed by atoms with Crippen LogP contribution in [-0.4, -0.2) is 36.0 Å². The average molecular weight is 266 g/mol. The molecule has 1 aliphatic rings. The van der Waals surface area contributed by atoms with Gasteiger partial charge < -0.3 is 15.4 Å². The smallest absolute Gasteiger partial charge is 0.263 e. The molecule has 0 bridgehead atoms. The molecule has 1 unspecified atom stereocenters. The fraction of sp³-hybridized carbons (Fsp3) is 0.500. The van der Waals surface area contributed by atoms with Crippen LogP contribution in [0.4, 0.5) is 4.39 Å². The molecule has 0 aliphatic carbocycles. The number of nitrogens with zero attached hydrogens (tertiary/aromatic N) is 1. The fourth-order valence-corrected chi connectivity index (χ4v) is 2.17. The van der Waals surface area contributed by atoms with Crippen LogP contribution in [-0.2, 0) is 4.79 Å². The minimum absolute atomic E-state index is 0.0730. The normalized spacial score (nSPS) is 18.2. The molecule has 1 heterocycles. The number of carbonyl (C=O) groups is 1. The van der Waals surface area contributed by atoms with E-state index in [0.29, 0.717) is 18.8 Å². The standard InChI is InChI=1S/C14H19FN2O2/c1-10(19-13-4-2-3-11(15)9-13)14(18)17-7-5-12(16)6-8-17/h2-4,9-10,12H,5-8,16H2,1H3. The van der Waals surface area contributed by atoms with Crippen molar-refractivity contribution in [2.45, 2.75) is 31.9 Å². The summed E-state index contributed by atoms with van der Waals surface area (Å²) >= 11 is 0. The van der Waals surface area contributed by atoms with Gasteiger partial charge in [0, 0.05) is 25.2 Å². The molecule has 1 aromatic carbocycles. The van der Waals surface area contributed by atoms with Gasteiger partial charge in [-0.25, -0.2) is 4.39 Å². The van der Waals surface area contributed by atoms with Crippen LogP contribution in [0.5, 0.6) is 5.75 Å². The summed E-state index contributed by atoms with van der Waals surface area (Å²) in [5.41, 5.74) is 5.80. The van der Waals surface area contributed by atoms with E-state index in [9.17, 15) is 9.18 Å². The second-order valence-electron chi connectivity index (χ2n) is 4.88. The lowest BCUT2D eigenvalue weighted by atomic mass is 10.1. The van der Waals surface area contributed by atoms with E-state index in [-0.39, 0.29) is 17.8 Å². The van der Waals surface area contributed by atoms with Crippen LogP contribution in [0, 0.1) is 5.82 Å². The lowest BCUT2D eigenvalue weighted by Gasteiger charge is -2.32. The molecule has 1 aliphatic heterocycles. The number of halogens is 1. The number of amides is 1. The zero-order chi connectivity index (χ0) is 13.8. The molecule has 5 heteroatoms. The summed E-state index contributed by atoms with van der Waals surface area (Å²) in [7, 11) is 0. The first kappa shape index (κ1) is 13.8. The van der Waals surface area contributed by atoms with Crippen molar-refractivity contribution >= 4 is 5.91 Å². The molecule has 1 atom stereocenters. The van der Waals surface area contributed by atoms with Gasteiger partial charge in [-0.15, -0.1) is 0 Å². The molecule has 1 saturated heterocycles. The van der Waals surface area contributed by atoms with E-state index in [0.717, 1.165) is 12.8 Å². The minimum Gasteiger partial charge on any atom is -0.481 e. The third-order valence-electron chi connectivity index (χ3n) is 3.31. The molecule has 2 N–H and O–H groups in total. The van der Waals surface area contributed by atoms with Gasteiger partial charge in [0.2, 0.25) is 0 Å². The molecular weight excluding hydrogens is 247 g/mol. The number of carbonyl (C=O) groups excluding carboxylic acids is 1. The Morgan fingerprint density at radius 1 is 1.47 bits per heavy atom. The van der Waals surface area contributed by atoms with Crippen molar-refractivity contribution in [3.63, 3.8) is 0 Å². The van der Waals surface area contributed by atoms with Crippen molar-refractivity contribution in [1.29, 1.82) is 0 Å². The zero-order valence-corrected chi connectivity index (χ0v) is 11.0. The Morgan fingerprint density at radius 3 is 2.79 bits per heavy atom. The quantitative estimate of drug-likeness (QED) is 0.903. The molecule has 2 rings (SSSR count). The number of hydrogen-bond acceptors (Lipinski definition) is 3. The summed E-state index contributed by atoms with van der Waals surface area (Å²) in [5.74, 6) is -0.0770. The van der Waals surface area contributed by atoms with E-state index in [1.54, 1.807) is 24.0 Å². The van der Waals surface area contributed by atoms with Crippen molar-refractivity contribution in [3.8, 4) is 5.75 Å². The van der Waals surface area contributed by atoms with E-state index in [1.807, 2.05) is 0 Å². The first-order valence-electron chi connectivity index (χ1n) is 6.53. The lowest BCUT2D eigenvalue weighted by molar-refractivity contribution is -0.139. The number of hydrogen-bond donors (Lipinski definition) is 1. The Kier molecular flexibility index (Phi) is 4.37. The van der Waals surface area contributed by atoms with Crippen LogP contribution < -0.4 is 10.5 Å². The van der Waals surface area contributed by atoms with Crippen LogP contribution >= 0.6 is 0 Å². The van der Waals surface area contributed by atoms with Gasteiger partial charge in [-0.1, -0.05) is 6.07 Å². The number of likely N-dealkylation sites (tertiary alicyclic amines) is 1. The van der Waals surface area contributed by atoms with Crippen molar-refractivity contribution in [2.75, 3.05) is 13.1 Å². The topological polar surface area (TPSA) is 55.6 Å². The molecule has 0 radical (unpaired) electrons. The highest BCUT2D eigenvalue weighted by molar-refractivity contribution is 5.81. The van der Waals surface area contributed by atoms with Crippen LogP contribution in [0.1, 0.15) is 19.8 Å². The molecule has 104 valence electrons. The van der Waals surface area contributed by atoms with Crippen LogP contribution in [0.2, 0.25) is 0 Å². The number of rotatable bonds is 3.